The highest BCUT2D eigenvalue weighted by Gasteiger charge is 2.29. The van der Waals surface area contributed by atoms with Crippen LogP contribution >= 0.6 is 23.5 Å². The summed E-state index contributed by atoms with van der Waals surface area (Å²) in [7, 11) is 0. The van der Waals surface area contributed by atoms with Gasteiger partial charge in [-0.2, -0.15) is 0 Å². The number of carbonyl (C=O) groups excluding carboxylic acids is 1. The summed E-state index contributed by atoms with van der Waals surface area (Å²) in [4.78, 5) is 12.1. The quantitative estimate of drug-likeness (QED) is 0.750. The van der Waals surface area contributed by atoms with Gasteiger partial charge in [0.1, 0.15) is 5.78 Å². The molecule has 1 saturated heterocycles. The zero-order valence-corrected chi connectivity index (χ0v) is 12.4. The molecule has 1 nitrogen and oxygen atoms in total. The van der Waals surface area contributed by atoms with E-state index in [2.05, 4.69) is 6.92 Å². The first-order chi connectivity index (χ1) is 8.70. The highest BCUT2D eigenvalue weighted by atomic mass is 32.2. The van der Waals surface area contributed by atoms with Gasteiger partial charge in [-0.1, -0.05) is 36.5 Å². The van der Waals surface area contributed by atoms with E-state index < -0.39 is 0 Å². The first kappa shape index (κ1) is 14.0. The Labute approximate surface area is 118 Å². The van der Waals surface area contributed by atoms with E-state index in [1.54, 1.807) is 0 Å². The average Bonchev–Trinajstić information content (AvgIpc) is 2.64. The molecule has 2 rings (SSSR count). The topological polar surface area (TPSA) is 17.1 Å². The Hall–Kier alpha value is -0.410. The maximum absolute atomic E-state index is 12.1. The summed E-state index contributed by atoms with van der Waals surface area (Å²) in [6.45, 7) is 2.31. The number of Topliss-reactive ketones (excluding diaryl/α,β-unsaturated/α-hetero) is 1. The van der Waals surface area contributed by atoms with Crippen LogP contribution in [0.1, 0.15) is 26.2 Å². The van der Waals surface area contributed by atoms with Crippen molar-refractivity contribution in [2.24, 2.45) is 5.92 Å². The molecule has 2 aliphatic rings. The van der Waals surface area contributed by atoms with Crippen LogP contribution in [0.5, 0.6) is 0 Å². The van der Waals surface area contributed by atoms with Crippen molar-refractivity contribution in [1.82, 2.24) is 0 Å². The minimum absolute atomic E-state index is 0.0170. The smallest absolute Gasteiger partial charge is 0.143 e. The first-order valence-corrected chi connectivity index (χ1v) is 8.49. The Morgan fingerprint density at radius 1 is 1.17 bits per heavy atom. The monoisotopic (exact) mass is 280 g/mol. The van der Waals surface area contributed by atoms with Crippen LogP contribution in [-0.4, -0.2) is 21.4 Å². The van der Waals surface area contributed by atoms with Gasteiger partial charge in [0.05, 0.1) is 10.00 Å². The molecule has 0 bridgehead atoms. The summed E-state index contributed by atoms with van der Waals surface area (Å²) in [6.07, 6.45) is 14.7. The van der Waals surface area contributed by atoms with Crippen LogP contribution in [-0.2, 0) is 4.79 Å². The normalized spacial score (nSPS) is 22.3. The van der Waals surface area contributed by atoms with Crippen molar-refractivity contribution in [1.29, 1.82) is 0 Å². The third-order valence-electron chi connectivity index (χ3n) is 3.29. The van der Waals surface area contributed by atoms with Crippen molar-refractivity contribution in [3.8, 4) is 0 Å². The Kier molecular flexibility index (Phi) is 5.19. The zero-order valence-electron chi connectivity index (χ0n) is 10.8. The molecule has 0 unspecified atom stereocenters. The number of hydrogen-bond acceptors (Lipinski definition) is 3. The summed E-state index contributed by atoms with van der Waals surface area (Å²) >= 11 is 4.10. The average molecular weight is 280 g/mol. The van der Waals surface area contributed by atoms with Crippen LogP contribution in [0.4, 0.5) is 0 Å². The fraction of sp³-hybridized carbons (Fsp3) is 0.533. The second-order valence-corrected chi connectivity index (χ2v) is 8.29. The fourth-order valence-electron chi connectivity index (χ4n) is 2.23. The molecular weight excluding hydrogens is 260 g/mol. The Morgan fingerprint density at radius 2 is 1.78 bits per heavy atom. The third-order valence-corrected chi connectivity index (χ3v) is 6.71. The van der Waals surface area contributed by atoms with Gasteiger partial charge in [0, 0.05) is 17.9 Å². The van der Waals surface area contributed by atoms with Gasteiger partial charge in [-0.25, -0.2) is 0 Å². The van der Waals surface area contributed by atoms with Gasteiger partial charge in [0.15, 0.2) is 0 Å². The van der Waals surface area contributed by atoms with Gasteiger partial charge in [-0.05, 0) is 19.8 Å². The van der Waals surface area contributed by atoms with Gasteiger partial charge >= 0.3 is 0 Å². The Balaban J connectivity index is 1.74. The largest absolute Gasteiger partial charge is 0.299 e. The van der Waals surface area contributed by atoms with Gasteiger partial charge in [0.25, 0.3) is 0 Å². The SMILES string of the molecule is CC1(CCCC(=O)C2C=CC=CC=C2)SCCS1. The molecule has 0 N–H and O–H groups in total. The fourth-order valence-corrected chi connectivity index (χ4v) is 5.17. The number of hydrogen-bond donors (Lipinski definition) is 0. The lowest BCUT2D eigenvalue weighted by Gasteiger charge is -2.21. The molecule has 0 aromatic rings. The summed E-state index contributed by atoms with van der Waals surface area (Å²) in [5.74, 6) is 2.85. The summed E-state index contributed by atoms with van der Waals surface area (Å²) < 4.78 is 0.358. The minimum Gasteiger partial charge on any atom is -0.299 e. The lowest BCUT2D eigenvalue weighted by molar-refractivity contribution is -0.120. The number of allylic oxidation sites excluding steroid dienone is 6. The van der Waals surface area contributed by atoms with Crippen molar-refractivity contribution < 1.29 is 4.79 Å². The highest BCUT2D eigenvalue weighted by Crippen LogP contribution is 2.46. The molecule has 1 heterocycles. The van der Waals surface area contributed by atoms with Crippen molar-refractivity contribution in [2.45, 2.75) is 30.3 Å². The second-order valence-electron chi connectivity index (χ2n) is 4.83. The maximum Gasteiger partial charge on any atom is 0.143 e. The summed E-state index contributed by atoms with van der Waals surface area (Å²) in [6, 6.07) is 0. The van der Waals surface area contributed by atoms with Gasteiger partial charge < -0.3 is 0 Å². The van der Waals surface area contributed by atoms with Crippen molar-refractivity contribution in [3.05, 3.63) is 36.5 Å². The van der Waals surface area contributed by atoms with Gasteiger partial charge in [-0.15, -0.1) is 23.5 Å². The molecule has 0 saturated carbocycles. The molecule has 0 amide bonds. The lowest BCUT2D eigenvalue weighted by atomic mass is 9.98. The van der Waals surface area contributed by atoms with Crippen LogP contribution in [0.2, 0.25) is 0 Å². The van der Waals surface area contributed by atoms with E-state index in [9.17, 15) is 4.79 Å². The minimum atomic E-state index is -0.0170. The molecule has 1 aliphatic carbocycles. The van der Waals surface area contributed by atoms with E-state index in [1.807, 2.05) is 60.0 Å². The molecule has 3 heteroatoms. The molecule has 0 aromatic heterocycles. The van der Waals surface area contributed by atoms with Gasteiger partial charge in [0.2, 0.25) is 0 Å². The predicted molar refractivity (Wildman–Crippen MR) is 83.1 cm³/mol. The van der Waals surface area contributed by atoms with E-state index in [0.29, 0.717) is 16.3 Å². The van der Waals surface area contributed by atoms with Crippen LogP contribution < -0.4 is 0 Å². The van der Waals surface area contributed by atoms with Crippen molar-refractivity contribution in [2.75, 3.05) is 11.5 Å². The van der Waals surface area contributed by atoms with Crippen LogP contribution in [0.3, 0.4) is 0 Å². The van der Waals surface area contributed by atoms with Crippen LogP contribution in [0.25, 0.3) is 0 Å². The maximum atomic E-state index is 12.1. The molecule has 0 spiro atoms. The molecule has 0 radical (unpaired) electrons. The molecule has 1 aliphatic heterocycles. The summed E-state index contributed by atoms with van der Waals surface area (Å²) in [5, 5.41) is 0. The van der Waals surface area contributed by atoms with E-state index >= 15 is 0 Å². The van der Waals surface area contributed by atoms with E-state index in [0.717, 1.165) is 12.8 Å². The number of rotatable bonds is 5. The van der Waals surface area contributed by atoms with E-state index in [-0.39, 0.29) is 5.92 Å². The molecular formula is C15H20OS2. The number of thioether (sulfide) groups is 2. The molecule has 0 atom stereocenters. The highest BCUT2D eigenvalue weighted by molar-refractivity contribution is 8.21. The van der Waals surface area contributed by atoms with Crippen molar-refractivity contribution >= 4 is 29.3 Å². The summed E-state index contributed by atoms with van der Waals surface area (Å²) in [5.41, 5.74) is 0. The standard InChI is InChI=1S/C15H20OS2/c1-15(17-11-12-18-15)10-6-9-14(16)13-7-4-2-3-5-8-13/h2-5,7-8,13H,6,9-12H2,1H3. The van der Waals surface area contributed by atoms with Crippen molar-refractivity contribution in [3.63, 3.8) is 0 Å². The number of ketones is 1. The lowest BCUT2D eigenvalue weighted by Crippen LogP contribution is -2.14. The predicted octanol–water partition coefficient (Wildman–Crippen LogP) is 4.22. The van der Waals surface area contributed by atoms with Gasteiger partial charge in [-0.3, -0.25) is 4.79 Å². The molecule has 0 aromatic carbocycles. The molecule has 18 heavy (non-hydrogen) atoms. The first-order valence-electron chi connectivity index (χ1n) is 6.52. The Morgan fingerprint density at radius 3 is 2.39 bits per heavy atom. The second kappa shape index (κ2) is 6.67. The Bertz CT molecular complexity index is 360. The molecule has 1 fully saturated rings. The van der Waals surface area contributed by atoms with E-state index in [4.69, 9.17) is 0 Å². The number of carbonyl (C=O) groups is 1. The third kappa shape index (κ3) is 4.06. The molecule has 98 valence electrons. The van der Waals surface area contributed by atoms with E-state index in [1.165, 1.54) is 11.5 Å². The van der Waals surface area contributed by atoms with Crippen LogP contribution in [0, 0.1) is 5.92 Å². The van der Waals surface area contributed by atoms with Crippen LogP contribution in [0.15, 0.2) is 36.5 Å². The zero-order chi connectivity index (χ0) is 12.8.